The number of benzene rings is 2. The average Bonchev–Trinajstić information content (AvgIpc) is 3.30. The number of amides is 2. The Hall–Kier alpha value is -3.23. The van der Waals surface area contributed by atoms with Gasteiger partial charge in [0.05, 0.1) is 12.1 Å². The van der Waals surface area contributed by atoms with Crippen LogP contribution in [0.5, 0.6) is 5.75 Å². The Balaban J connectivity index is 1.18. The molecular formula is C27H32N4O3S. The number of nitrogens with zero attached hydrogens (tertiary/aromatic N) is 2. The van der Waals surface area contributed by atoms with E-state index in [1.165, 1.54) is 22.5 Å². The number of ether oxygens (including phenoxy) is 1. The predicted octanol–water partition coefficient (Wildman–Crippen LogP) is 3.95. The van der Waals surface area contributed by atoms with Gasteiger partial charge in [-0.3, -0.25) is 9.59 Å². The topological polar surface area (TPSA) is 97.6 Å². The molecule has 0 radical (unpaired) electrons. The minimum absolute atomic E-state index is 0.0250. The SMILES string of the molecule is Cc1ccc(OCc2nc(CC(=O)Nc3ccc(CCN4CCC(C(N)=O)CC4)cc3)cs2)cc1. The Kier molecular flexibility index (Phi) is 8.50. The number of anilines is 1. The number of nitrogens with one attached hydrogen (secondary N) is 1. The van der Waals surface area contributed by atoms with E-state index >= 15 is 0 Å². The number of rotatable bonds is 10. The molecule has 0 aliphatic carbocycles. The number of thiazole rings is 1. The lowest BCUT2D eigenvalue weighted by atomic mass is 9.96. The van der Waals surface area contributed by atoms with E-state index in [2.05, 4.69) is 27.3 Å². The molecule has 0 bridgehead atoms. The molecule has 35 heavy (non-hydrogen) atoms. The van der Waals surface area contributed by atoms with Crippen LogP contribution in [0.4, 0.5) is 5.69 Å². The van der Waals surface area contributed by atoms with Crippen molar-refractivity contribution in [1.29, 1.82) is 0 Å². The van der Waals surface area contributed by atoms with E-state index in [1.54, 1.807) is 0 Å². The van der Waals surface area contributed by atoms with E-state index in [-0.39, 0.29) is 24.2 Å². The number of hydrogen-bond donors (Lipinski definition) is 2. The summed E-state index contributed by atoms with van der Waals surface area (Å²) in [5, 5.41) is 5.70. The number of carbonyl (C=O) groups excluding carboxylic acids is 2. The van der Waals surface area contributed by atoms with Crippen molar-refractivity contribution in [3.05, 3.63) is 75.7 Å². The number of likely N-dealkylation sites (tertiary alicyclic amines) is 1. The Bertz CT molecular complexity index is 1120. The summed E-state index contributed by atoms with van der Waals surface area (Å²) in [7, 11) is 0. The van der Waals surface area contributed by atoms with Crippen molar-refractivity contribution < 1.29 is 14.3 Å². The van der Waals surface area contributed by atoms with Crippen molar-refractivity contribution in [2.45, 2.75) is 39.2 Å². The molecule has 184 valence electrons. The largest absolute Gasteiger partial charge is 0.486 e. The Morgan fingerprint density at radius 2 is 1.83 bits per heavy atom. The lowest BCUT2D eigenvalue weighted by molar-refractivity contribution is -0.123. The number of aromatic nitrogens is 1. The van der Waals surface area contributed by atoms with Crippen LogP contribution in [-0.4, -0.2) is 41.3 Å². The van der Waals surface area contributed by atoms with Gasteiger partial charge in [0, 0.05) is 23.5 Å². The van der Waals surface area contributed by atoms with Crippen LogP contribution >= 0.6 is 11.3 Å². The molecule has 4 rings (SSSR count). The summed E-state index contributed by atoms with van der Waals surface area (Å²) in [6, 6.07) is 15.9. The molecule has 2 amide bonds. The monoisotopic (exact) mass is 492 g/mol. The zero-order valence-corrected chi connectivity index (χ0v) is 20.9. The van der Waals surface area contributed by atoms with E-state index in [4.69, 9.17) is 10.5 Å². The first kappa shape index (κ1) is 24.9. The maximum absolute atomic E-state index is 12.5. The standard InChI is InChI=1S/C27H32N4O3S/c1-19-2-8-24(9-3-19)34-17-26-30-23(18-35-26)16-25(32)29-22-6-4-20(5-7-22)10-13-31-14-11-21(12-15-31)27(28)33/h2-9,18,21H,10-17H2,1H3,(H2,28,33)(H,29,32). The van der Waals surface area contributed by atoms with Gasteiger partial charge in [-0.25, -0.2) is 4.98 Å². The quantitative estimate of drug-likeness (QED) is 0.447. The summed E-state index contributed by atoms with van der Waals surface area (Å²) >= 11 is 1.50. The Morgan fingerprint density at radius 1 is 1.11 bits per heavy atom. The van der Waals surface area contributed by atoms with Gasteiger partial charge >= 0.3 is 0 Å². The first-order valence-electron chi connectivity index (χ1n) is 12.0. The molecule has 0 unspecified atom stereocenters. The van der Waals surface area contributed by atoms with Crippen LogP contribution in [0.3, 0.4) is 0 Å². The maximum Gasteiger partial charge on any atom is 0.230 e. The third kappa shape index (κ3) is 7.63. The lowest BCUT2D eigenvalue weighted by Crippen LogP contribution is -2.39. The van der Waals surface area contributed by atoms with Gasteiger partial charge in [0.15, 0.2) is 0 Å². The summed E-state index contributed by atoms with van der Waals surface area (Å²) in [6.45, 7) is 5.21. The first-order valence-corrected chi connectivity index (χ1v) is 12.9. The highest BCUT2D eigenvalue weighted by atomic mass is 32.1. The summed E-state index contributed by atoms with van der Waals surface area (Å²) in [5.74, 6) is 0.564. The smallest absolute Gasteiger partial charge is 0.230 e. The van der Waals surface area contributed by atoms with Crippen LogP contribution < -0.4 is 15.8 Å². The molecule has 1 aliphatic heterocycles. The van der Waals surface area contributed by atoms with Gasteiger partial charge in [-0.1, -0.05) is 29.8 Å². The molecule has 7 nitrogen and oxygen atoms in total. The number of carbonyl (C=O) groups is 2. The van der Waals surface area contributed by atoms with Gasteiger partial charge in [-0.15, -0.1) is 11.3 Å². The second-order valence-corrected chi connectivity index (χ2v) is 9.97. The van der Waals surface area contributed by atoms with Gasteiger partial charge in [-0.05, 0) is 69.1 Å². The molecule has 0 spiro atoms. The molecule has 0 saturated carbocycles. The molecule has 3 N–H and O–H groups in total. The van der Waals surface area contributed by atoms with Crippen LogP contribution in [0.25, 0.3) is 0 Å². The first-order chi connectivity index (χ1) is 16.9. The van der Waals surface area contributed by atoms with Crippen LogP contribution in [-0.2, 0) is 29.0 Å². The molecule has 1 aliphatic rings. The fraction of sp³-hybridized carbons (Fsp3) is 0.370. The highest BCUT2D eigenvalue weighted by Crippen LogP contribution is 2.19. The van der Waals surface area contributed by atoms with E-state index in [1.807, 2.05) is 48.7 Å². The zero-order valence-electron chi connectivity index (χ0n) is 20.0. The molecule has 1 saturated heterocycles. The van der Waals surface area contributed by atoms with E-state index in [0.29, 0.717) is 6.61 Å². The van der Waals surface area contributed by atoms with E-state index in [9.17, 15) is 9.59 Å². The van der Waals surface area contributed by atoms with Crippen LogP contribution in [0.15, 0.2) is 53.9 Å². The summed E-state index contributed by atoms with van der Waals surface area (Å²) < 4.78 is 5.77. The number of nitrogens with two attached hydrogens (primary N) is 1. The molecule has 1 fully saturated rings. The lowest BCUT2D eigenvalue weighted by Gasteiger charge is -2.30. The second kappa shape index (κ2) is 12.0. The highest BCUT2D eigenvalue weighted by Gasteiger charge is 2.22. The predicted molar refractivity (Wildman–Crippen MR) is 138 cm³/mol. The fourth-order valence-electron chi connectivity index (χ4n) is 4.13. The van der Waals surface area contributed by atoms with Crippen molar-refractivity contribution in [2.24, 2.45) is 11.7 Å². The minimum Gasteiger partial charge on any atom is -0.486 e. The summed E-state index contributed by atoms with van der Waals surface area (Å²) in [4.78, 5) is 30.7. The average molecular weight is 493 g/mol. The molecule has 8 heteroatoms. The number of primary amides is 1. The van der Waals surface area contributed by atoms with Crippen molar-refractivity contribution in [2.75, 3.05) is 25.0 Å². The molecule has 2 heterocycles. The van der Waals surface area contributed by atoms with Gasteiger partial charge < -0.3 is 20.7 Å². The van der Waals surface area contributed by atoms with Gasteiger partial charge in [0.2, 0.25) is 11.8 Å². The van der Waals surface area contributed by atoms with Crippen LogP contribution in [0.1, 0.15) is 34.7 Å². The minimum atomic E-state index is -0.176. The molecule has 3 aromatic rings. The van der Waals surface area contributed by atoms with Gasteiger partial charge in [0.1, 0.15) is 17.4 Å². The number of aryl methyl sites for hydroxylation is 1. The normalized spacial score (nSPS) is 14.5. The summed E-state index contributed by atoms with van der Waals surface area (Å²) in [6.07, 6.45) is 2.85. The van der Waals surface area contributed by atoms with Crippen molar-refractivity contribution in [1.82, 2.24) is 9.88 Å². The summed E-state index contributed by atoms with van der Waals surface area (Å²) in [5.41, 5.74) is 9.34. The second-order valence-electron chi connectivity index (χ2n) is 9.02. The van der Waals surface area contributed by atoms with Crippen molar-refractivity contribution in [3.8, 4) is 5.75 Å². The zero-order chi connectivity index (χ0) is 24.6. The maximum atomic E-state index is 12.5. The van der Waals surface area contributed by atoms with Crippen LogP contribution in [0, 0.1) is 12.8 Å². The molecule has 2 aromatic carbocycles. The van der Waals surface area contributed by atoms with Gasteiger partial charge in [-0.2, -0.15) is 0 Å². The van der Waals surface area contributed by atoms with Crippen LogP contribution in [0.2, 0.25) is 0 Å². The Morgan fingerprint density at radius 3 is 2.51 bits per heavy atom. The molecule has 0 atom stereocenters. The van der Waals surface area contributed by atoms with E-state index in [0.717, 1.165) is 61.0 Å². The molecular weight excluding hydrogens is 460 g/mol. The Labute approximate surface area is 210 Å². The fourth-order valence-corrected chi connectivity index (χ4v) is 4.83. The van der Waals surface area contributed by atoms with Crippen molar-refractivity contribution in [3.63, 3.8) is 0 Å². The van der Waals surface area contributed by atoms with Crippen molar-refractivity contribution >= 4 is 28.8 Å². The number of hydrogen-bond acceptors (Lipinski definition) is 6. The third-order valence-corrected chi connectivity index (χ3v) is 7.14. The molecule has 1 aromatic heterocycles. The van der Waals surface area contributed by atoms with E-state index < -0.39 is 0 Å². The third-order valence-electron chi connectivity index (χ3n) is 6.27. The highest BCUT2D eigenvalue weighted by molar-refractivity contribution is 7.09. The van der Waals surface area contributed by atoms with Gasteiger partial charge in [0.25, 0.3) is 0 Å². The number of piperidine rings is 1.